The third-order valence-electron chi connectivity index (χ3n) is 2.95. The molecular weight excluding hydrogens is 240 g/mol. The number of allylic oxidation sites excluding steroid dienone is 2. The van der Waals surface area contributed by atoms with Gasteiger partial charge in [-0.2, -0.15) is 0 Å². The Labute approximate surface area is 109 Å². The van der Waals surface area contributed by atoms with Crippen LogP contribution in [0.4, 0.5) is 0 Å². The van der Waals surface area contributed by atoms with E-state index in [1.807, 2.05) is 18.4 Å². The minimum atomic E-state index is -0.0660. The Bertz CT molecular complexity index is 735. The largest absolute Gasteiger partial charge is 0.345 e. The molecule has 5 nitrogen and oxygen atoms in total. The van der Waals surface area contributed by atoms with Crippen LogP contribution in [0.1, 0.15) is 0 Å². The zero-order valence-corrected chi connectivity index (χ0v) is 10.3. The van der Waals surface area contributed by atoms with Crippen molar-refractivity contribution in [3.63, 3.8) is 0 Å². The average Bonchev–Trinajstić information content (AvgIpc) is 2.94. The van der Waals surface area contributed by atoms with Gasteiger partial charge >= 0.3 is 0 Å². The van der Waals surface area contributed by atoms with Crippen molar-refractivity contribution in [3.05, 3.63) is 59.4 Å². The highest BCUT2D eigenvalue weighted by Crippen LogP contribution is 2.15. The van der Waals surface area contributed by atoms with Crippen LogP contribution in [0, 0.1) is 0 Å². The molecule has 0 radical (unpaired) electrons. The molecule has 3 rings (SSSR count). The molecule has 0 saturated heterocycles. The van der Waals surface area contributed by atoms with Crippen LogP contribution in [-0.4, -0.2) is 32.4 Å². The molecule has 2 aromatic rings. The first-order valence-corrected chi connectivity index (χ1v) is 5.92. The molecule has 0 amide bonds. The van der Waals surface area contributed by atoms with E-state index in [0.29, 0.717) is 6.54 Å². The predicted octanol–water partition coefficient (Wildman–Crippen LogP) is 1.32. The Morgan fingerprint density at radius 3 is 3.00 bits per heavy atom. The van der Waals surface area contributed by atoms with Crippen molar-refractivity contribution in [2.45, 2.75) is 0 Å². The van der Waals surface area contributed by atoms with Crippen molar-refractivity contribution in [2.24, 2.45) is 0 Å². The Morgan fingerprint density at radius 2 is 2.32 bits per heavy atom. The van der Waals surface area contributed by atoms with Crippen LogP contribution >= 0.6 is 0 Å². The van der Waals surface area contributed by atoms with Crippen molar-refractivity contribution in [1.29, 1.82) is 0 Å². The molecule has 0 fully saturated rings. The summed E-state index contributed by atoms with van der Waals surface area (Å²) in [5.41, 5.74) is 1.65. The zero-order chi connectivity index (χ0) is 13.2. The van der Waals surface area contributed by atoms with Gasteiger partial charge in [0, 0.05) is 42.4 Å². The third kappa shape index (κ3) is 2.18. The number of rotatable bonds is 2. The summed E-state index contributed by atoms with van der Waals surface area (Å²) < 4.78 is 3.41. The molecule has 0 saturated carbocycles. The highest BCUT2D eigenvalue weighted by molar-refractivity contribution is 5.61. The van der Waals surface area contributed by atoms with Gasteiger partial charge in [0.05, 0.1) is 5.70 Å². The van der Waals surface area contributed by atoms with Crippen LogP contribution in [0.5, 0.6) is 0 Å². The first kappa shape index (κ1) is 11.4. The molecule has 94 valence electrons. The fraction of sp³-hybridized carbons (Fsp3) is 0.0714. The molecule has 19 heavy (non-hydrogen) atoms. The van der Waals surface area contributed by atoms with E-state index in [1.165, 1.54) is 0 Å². The number of nitrogens with one attached hydrogen (secondary N) is 1. The Hall–Kier alpha value is -2.69. The first-order valence-electron chi connectivity index (χ1n) is 5.92. The number of aromatic amines is 1. The minimum Gasteiger partial charge on any atom is -0.345 e. The van der Waals surface area contributed by atoms with Crippen molar-refractivity contribution in [2.75, 3.05) is 6.54 Å². The monoisotopic (exact) mass is 253 g/mol. The molecule has 1 aliphatic rings. The maximum atomic E-state index is 12.0. The van der Waals surface area contributed by atoms with E-state index in [4.69, 9.17) is 0 Å². The average molecular weight is 253 g/mol. The van der Waals surface area contributed by atoms with E-state index in [2.05, 4.69) is 16.7 Å². The molecule has 0 spiro atoms. The van der Waals surface area contributed by atoms with Crippen molar-refractivity contribution < 1.29 is 4.58 Å². The van der Waals surface area contributed by atoms with Gasteiger partial charge in [-0.25, -0.2) is 9.56 Å². The maximum Gasteiger partial charge on any atom is 0.255 e. The molecule has 1 N–H and O–H groups in total. The minimum absolute atomic E-state index is 0.0660. The lowest BCUT2D eigenvalue weighted by Gasteiger charge is -2.09. The fourth-order valence-corrected chi connectivity index (χ4v) is 1.95. The summed E-state index contributed by atoms with van der Waals surface area (Å²) in [6.45, 7) is 4.49. The Balaban J connectivity index is 2.07. The number of aromatic nitrogens is 3. The van der Waals surface area contributed by atoms with Crippen LogP contribution in [0.2, 0.25) is 0 Å². The lowest BCUT2D eigenvalue weighted by Crippen LogP contribution is -2.19. The van der Waals surface area contributed by atoms with Gasteiger partial charge in [0.2, 0.25) is 0 Å². The van der Waals surface area contributed by atoms with Crippen molar-refractivity contribution in [1.82, 2.24) is 14.5 Å². The van der Waals surface area contributed by atoms with Gasteiger partial charge in [0.25, 0.3) is 5.56 Å². The third-order valence-corrected chi connectivity index (χ3v) is 2.95. The zero-order valence-electron chi connectivity index (χ0n) is 10.3. The number of hydrogen-bond donors (Lipinski definition) is 1. The summed E-state index contributed by atoms with van der Waals surface area (Å²) in [6.07, 6.45) is 10.9. The molecule has 2 aromatic heterocycles. The standard InChI is InChI=1S/C14H13N4O/c1-17-8-4-12(5-9-17)18-10-11(2-3-13(18)19)14-15-6-7-16-14/h2-8,10H,1,9H2,(H,15,16)/q+1. The highest BCUT2D eigenvalue weighted by Gasteiger charge is 2.09. The molecule has 0 unspecified atom stereocenters. The summed E-state index contributed by atoms with van der Waals surface area (Å²) in [5, 5.41) is 0. The van der Waals surface area contributed by atoms with E-state index in [-0.39, 0.29) is 5.56 Å². The topological polar surface area (TPSA) is 53.7 Å². The van der Waals surface area contributed by atoms with Gasteiger partial charge in [0.1, 0.15) is 12.5 Å². The van der Waals surface area contributed by atoms with Crippen LogP contribution in [-0.2, 0) is 0 Å². The maximum absolute atomic E-state index is 12.0. The second kappa shape index (κ2) is 4.53. The van der Waals surface area contributed by atoms with Crippen LogP contribution in [0.3, 0.4) is 0 Å². The number of pyridine rings is 1. The Kier molecular flexibility index (Phi) is 2.72. The Morgan fingerprint density at radius 1 is 1.42 bits per heavy atom. The van der Waals surface area contributed by atoms with E-state index in [1.54, 1.807) is 39.9 Å². The molecule has 0 aliphatic carbocycles. The number of imidazole rings is 1. The second-order valence-corrected chi connectivity index (χ2v) is 4.28. The quantitative estimate of drug-likeness (QED) is 0.821. The smallest absolute Gasteiger partial charge is 0.255 e. The summed E-state index contributed by atoms with van der Waals surface area (Å²) in [6, 6.07) is 3.31. The SMILES string of the molecule is C=[N+]1C=CC(n2cc(-c3ncc[nH]3)ccc2=O)=CC1. The lowest BCUT2D eigenvalue weighted by molar-refractivity contribution is -0.436. The van der Waals surface area contributed by atoms with Crippen LogP contribution in [0.25, 0.3) is 17.1 Å². The van der Waals surface area contributed by atoms with Crippen molar-refractivity contribution in [3.8, 4) is 11.4 Å². The molecule has 5 heteroatoms. The van der Waals surface area contributed by atoms with Crippen molar-refractivity contribution >= 4 is 12.4 Å². The molecular formula is C14H13N4O+. The van der Waals surface area contributed by atoms with Gasteiger partial charge < -0.3 is 4.98 Å². The van der Waals surface area contributed by atoms with Gasteiger partial charge in [-0.15, -0.1) is 0 Å². The van der Waals surface area contributed by atoms with Gasteiger partial charge in [-0.3, -0.25) is 9.36 Å². The lowest BCUT2D eigenvalue weighted by atomic mass is 10.2. The fourth-order valence-electron chi connectivity index (χ4n) is 1.95. The summed E-state index contributed by atoms with van der Waals surface area (Å²) in [7, 11) is 0. The van der Waals surface area contributed by atoms with Gasteiger partial charge in [0.15, 0.2) is 12.7 Å². The van der Waals surface area contributed by atoms with Crippen LogP contribution in [0.15, 0.2) is 53.9 Å². The normalized spacial score (nSPS) is 14.5. The molecule has 0 aromatic carbocycles. The van der Waals surface area contributed by atoms with E-state index in [0.717, 1.165) is 17.1 Å². The number of H-pyrrole nitrogens is 1. The van der Waals surface area contributed by atoms with Gasteiger partial charge in [-0.05, 0) is 6.07 Å². The predicted molar refractivity (Wildman–Crippen MR) is 73.9 cm³/mol. The number of hydrogen-bond acceptors (Lipinski definition) is 2. The molecule has 1 aliphatic heterocycles. The van der Waals surface area contributed by atoms with E-state index >= 15 is 0 Å². The summed E-state index contributed by atoms with van der Waals surface area (Å²) >= 11 is 0. The molecule has 3 heterocycles. The second-order valence-electron chi connectivity index (χ2n) is 4.28. The number of nitrogens with zero attached hydrogens (tertiary/aromatic N) is 3. The van der Waals surface area contributed by atoms with Gasteiger partial charge in [-0.1, -0.05) is 0 Å². The highest BCUT2D eigenvalue weighted by atomic mass is 16.1. The summed E-state index contributed by atoms with van der Waals surface area (Å²) in [4.78, 5) is 19.2. The van der Waals surface area contributed by atoms with Crippen LogP contribution < -0.4 is 5.56 Å². The summed E-state index contributed by atoms with van der Waals surface area (Å²) in [5.74, 6) is 0.743. The van der Waals surface area contributed by atoms with E-state index in [9.17, 15) is 4.79 Å². The van der Waals surface area contributed by atoms with E-state index < -0.39 is 0 Å². The first-order chi connectivity index (χ1) is 9.24. The molecule has 0 bridgehead atoms. The molecule has 0 atom stereocenters.